The Kier molecular flexibility index (Phi) is 1.88. The van der Waals surface area contributed by atoms with Crippen LogP contribution in [-0.2, 0) is 9.53 Å². The summed E-state index contributed by atoms with van der Waals surface area (Å²) in [5.41, 5.74) is 1.99. The second-order valence-electron chi connectivity index (χ2n) is 3.98. The molecule has 2 heterocycles. The second kappa shape index (κ2) is 2.81. The zero-order valence-corrected chi connectivity index (χ0v) is 8.20. The van der Waals surface area contributed by atoms with Crippen molar-refractivity contribution >= 4 is 5.78 Å². The third kappa shape index (κ3) is 1.17. The topological polar surface area (TPSA) is 26.3 Å². The first-order valence-corrected chi connectivity index (χ1v) is 4.70. The molecule has 0 saturated heterocycles. The molecule has 0 amide bonds. The summed E-state index contributed by atoms with van der Waals surface area (Å²) < 4.78 is 5.56. The summed E-state index contributed by atoms with van der Waals surface area (Å²) in [7, 11) is 0. The van der Waals surface area contributed by atoms with Gasteiger partial charge >= 0.3 is 0 Å². The van der Waals surface area contributed by atoms with Crippen LogP contribution < -0.4 is 0 Å². The molecule has 0 fully saturated rings. The molecule has 2 unspecified atom stereocenters. The third-order valence-corrected chi connectivity index (χ3v) is 2.68. The van der Waals surface area contributed by atoms with Crippen LogP contribution in [0.2, 0.25) is 0 Å². The van der Waals surface area contributed by atoms with Gasteiger partial charge in [0.25, 0.3) is 0 Å². The molecule has 70 valence electrons. The molecular weight excluding hydrogens is 164 g/mol. The van der Waals surface area contributed by atoms with Crippen molar-refractivity contribution in [1.29, 1.82) is 0 Å². The van der Waals surface area contributed by atoms with E-state index in [1.165, 1.54) is 0 Å². The van der Waals surface area contributed by atoms with Crippen LogP contribution in [0.25, 0.3) is 0 Å². The van der Waals surface area contributed by atoms with Crippen LogP contribution in [0, 0.1) is 5.92 Å². The van der Waals surface area contributed by atoms with Gasteiger partial charge in [-0.1, -0.05) is 26.0 Å². The van der Waals surface area contributed by atoms with Gasteiger partial charge in [-0.2, -0.15) is 0 Å². The molecule has 2 heteroatoms. The van der Waals surface area contributed by atoms with E-state index in [2.05, 4.69) is 0 Å². The highest BCUT2D eigenvalue weighted by atomic mass is 16.5. The highest BCUT2D eigenvalue weighted by Gasteiger charge is 2.37. The average molecular weight is 178 g/mol. The number of carbonyl (C=O) groups is 1. The number of hydrogen-bond donors (Lipinski definition) is 0. The predicted molar refractivity (Wildman–Crippen MR) is 50.3 cm³/mol. The van der Waals surface area contributed by atoms with Crippen molar-refractivity contribution in [1.82, 2.24) is 0 Å². The van der Waals surface area contributed by atoms with E-state index in [1.807, 2.05) is 32.9 Å². The molecule has 0 aliphatic carbocycles. The van der Waals surface area contributed by atoms with Gasteiger partial charge in [0.1, 0.15) is 6.10 Å². The molecule has 2 atom stereocenters. The van der Waals surface area contributed by atoms with Gasteiger partial charge in [-0.05, 0) is 12.5 Å². The largest absolute Gasteiger partial charge is 0.358 e. The monoisotopic (exact) mass is 178 g/mol. The molecule has 0 aromatic rings. The van der Waals surface area contributed by atoms with Crippen molar-refractivity contribution < 1.29 is 9.53 Å². The zero-order chi connectivity index (χ0) is 9.59. The smallest absolute Gasteiger partial charge is 0.164 e. The fraction of sp³-hybridized carbons (Fsp3) is 0.545. The van der Waals surface area contributed by atoms with Crippen molar-refractivity contribution in [3.63, 3.8) is 0 Å². The number of hydrogen-bond acceptors (Lipinski definition) is 2. The normalized spacial score (nSPS) is 30.8. The Morgan fingerprint density at radius 3 is 2.46 bits per heavy atom. The minimum atomic E-state index is -0.0556. The summed E-state index contributed by atoms with van der Waals surface area (Å²) in [5.74, 6) is 0.302. The molecule has 2 aliphatic rings. The van der Waals surface area contributed by atoms with Gasteiger partial charge in [0.15, 0.2) is 5.78 Å². The Morgan fingerprint density at radius 2 is 2.00 bits per heavy atom. The second-order valence-corrected chi connectivity index (χ2v) is 3.98. The molecule has 2 nitrogen and oxygen atoms in total. The van der Waals surface area contributed by atoms with Gasteiger partial charge in [-0.15, -0.1) is 0 Å². The van der Waals surface area contributed by atoms with Gasteiger partial charge in [0, 0.05) is 11.5 Å². The lowest BCUT2D eigenvalue weighted by Gasteiger charge is -2.11. The summed E-state index contributed by atoms with van der Waals surface area (Å²) in [4.78, 5) is 11.8. The summed E-state index contributed by atoms with van der Waals surface area (Å²) in [5, 5.41) is 0. The van der Waals surface area contributed by atoms with Crippen LogP contribution in [0.1, 0.15) is 20.8 Å². The van der Waals surface area contributed by atoms with Crippen LogP contribution in [0.3, 0.4) is 0 Å². The lowest BCUT2D eigenvalue weighted by molar-refractivity contribution is -0.118. The fourth-order valence-electron chi connectivity index (χ4n) is 1.88. The third-order valence-electron chi connectivity index (χ3n) is 2.68. The molecule has 2 bridgehead atoms. The molecule has 0 aromatic carbocycles. The fourth-order valence-corrected chi connectivity index (χ4v) is 1.88. The van der Waals surface area contributed by atoms with Crippen LogP contribution >= 0.6 is 0 Å². The van der Waals surface area contributed by atoms with E-state index in [1.54, 1.807) is 0 Å². The Balaban J connectivity index is 2.30. The van der Waals surface area contributed by atoms with Gasteiger partial charge in [0.05, 0.1) is 6.10 Å². The van der Waals surface area contributed by atoms with Gasteiger partial charge < -0.3 is 4.74 Å². The Hall–Kier alpha value is -0.890. The van der Waals surface area contributed by atoms with Crippen molar-refractivity contribution in [2.24, 2.45) is 5.92 Å². The van der Waals surface area contributed by atoms with E-state index in [9.17, 15) is 4.79 Å². The van der Waals surface area contributed by atoms with E-state index in [0.29, 0.717) is 0 Å². The molecule has 2 aliphatic heterocycles. The lowest BCUT2D eigenvalue weighted by Crippen LogP contribution is -2.18. The number of Topliss-reactive ketones (excluding diaryl/α,β-unsaturated/α-hetero) is 1. The van der Waals surface area contributed by atoms with Gasteiger partial charge in [-0.3, -0.25) is 4.79 Å². The van der Waals surface area contributed by atoms with Crippen molar-refractivity contribution in [2.75, 3.05) is 0 Å². The Labute approximate surface area is 78.3 Å². The number of carbonyl (C=O) groups excluding carboxylic acids is 1. The van der Waals surface area contributed by atoms with Crippen molar-refractivity contribution in [3.05, 3.63) is 23.3 Å². The highest BCUT2D eigenvalue weighted by molar-refractivity contribution is 5.99. The summed E-state index contributed by atoms with van der Waals surface area (Å²) in [6.07, 6.45) is 4.02. The molecule has 0 spiro atoms. The van der Waals surface area contributed by atoms with Crippen LogP contribution in [0.5, 0.6) is 0 Å². The van der Waals surface area contributed by atoms with Crippen LogP contribution in [-0.4, -0.2) is 18.0 Å². The van der Waals surface area contributed by atoms with Gasteiger partial charge in [-0.25, -0.2) is 0 Å². The molecule has 0 N–H and O–H groups in total. The highest BCUT2D eigenvalue weighted by Crippen LogP contribution is 2.35. The maximum absolute atomic E-state index is 11.8. The number of ketones is 1. The molecule has 0 radical (unpaired) electrons. The minimum absolute atomic E-state index is 0.0556. The average Bonchev–Trinajstić information content (AvgIpc) is 2.62. The zero-order valence-electron chi connectivity index (χ0n) is 8.20. The molecular formula is C11H14O2. The van der Waals surface area contributed by atoms with Crippen LogP contribution in [0.4, 0.5) is 0 Å². The summed E-state index contributed by atoms with van der Waals surface area (Å²) >= 11 is 0. The van der Waals surface area contributed by atoms with Crippen LogP contribution in [0.15, 0.2) is 23.3 Å². The maximum Gasteiger partial charge on any atom is 0.164 e. The van der Waals surface area contributed by atoms with E-state index in [0.717, 1.165) is 11.1 Å². The van der Waals surface area contributed by atoms with E-state index in [4.69, 9.17) is 4.74 Å². The lowest BCUT2D eigenvalue weighted by atomic mass is 9.90. The Bertz CT molecular complexity index is 310. The van der Waals surface area contributed by atoms with Crippen molar-refractivity contribution in [3.8, 4) is 0 Å². The standard InChI is InChI=1S/C11H14O2/c1-6(2)11(12)10-7(3)8-4-5-9(10)13-8/h4-6,8-9H,1-3H3. The molecule has 0 aromatic heterocycles. The number of ether oxygens (including phenoxy) is 1. The van der Waals surface area contributed by atoms with Crippen molar-refractivity contribution in [2.45, 2.75) is 33.0 Å². The molecule has 0 saturated carbocycles. The minimum Gasteiger partial charge on any atom is -0.358 e. The predicted octanol–water partition coefficient (Wildman–Crippen LogP) is 1.87. The molecule has 13 heavy (non-hydrogen) atoms. The number of rotatable bonds is 2. The molecule has 2 rings (SSSR count). The summed E-state index contributed by atoms with van der Waals surface area (Å²) in [6, 6.07) is 0. The first-order valence-electron chi connectivity index (χ1n) is 4.70. The number of fused-ring (bicyclic) bond motifs is 2. The SMILES string of the molecule is CC1=C(C(=O)C(C)C)C2C=CC1O2. The van der Waals surface area contributed by atoms with E-state index >= 15 is 0 Å². The first-order chi connectivity index (χ1) is 6.11. The van der Waals surface area contributed by atoms with E-state index in [-0.39, 0.29) is 23.9 Å². The first kappa shape index (κ1) is 8.70. The van der Waals surface area contributed by atoms with E-state index < -0.39 is 0 Å². The Morgan fingerprint density at radius 1 is 1.38 bits per heavy atom. The quantitative estimate of drug-likeness (QED) is 0.603. The summed E-state index contributed by atoms with van der Waals surface area (Å²) in [6.45, 7) is 5.85. The maximum atomic E-state index is 11.8. The van der Waals surface area contributed by atoms with Gasteiger partial charge in [0.2, 0.25) is 0 Å².